The summed E-state index contributed by atoms with van der Waals surface area (Å²) in [6.07, 6.45) is 0.148. The predicted octanol–water partition coefficient (Wildman–Crippen LogP) is 6.85. The fourth-order valence-corrected chi connectivity index (χ4v) is 4.24. The maximum atomic E-state index is 13.5. The number of aromatic nitrogens is 3. The second-order valence-electron chi connectivity index (χ2n) is 7.24. The highest BCUT2D eigenvalue weighted by Crippen LogP contribution is 2.38. The summed E-state index contributed by atoms with van der Waals surface area (Å²) in [5.74, 6) is -0.903. The third-order valence-electron chi connectivity index (χ3n) is 4.89. The largest absolute Gasteiger partial charge is 0.464 e. The van der Waals surface area contributed by atoms with Gasteiger partial charge in [-0.25, -0.2) is 23.8 Å². The Bertz CT molecular complexity index is 1450. The first-order valence-corrected chi connectivity index (χ1v) is 11.5. The number of carbonyl (C=O) groups is 2. The minimum atomic E-state index is -1.36. The molecule has 0 aliphatic heterocycles. The van der Waals surface area contributed by atoms with Crippen LogP contribution >= 0.6 is 39.1 Å². The number of anilines is 3. The number of nitrogens with one attached hydrogen (secondary N) is 1. The number of carboxylic acid groups (broad SMARTS) is 1. The molecule has 0 aliphatic carbocycles. The van der Waals surface area contributed by atoms with Crippen molar-refractivity contribution in [1.29, 1.82) is 0 Å². The fraction of sp³-hybridized carbons (Fsp3) is 0.0435. The van der Waals surface area contributed by atoms with E-state index < -0.39 is 17.8 Å². The predicted molar refractivity (Wildman–Crippen MR) is 135 cm³/mol. The third-order valence-corrected chi connectivity index (χ3v) is 5.79. The molecule has 2 aromatic carbocycles. The number of pyridine rings is 1. The van der Waals surface area contributed by atoms with Crippen molar-refractivity contribution in [3.8, 4) is 5.82 Å². The molecule has 2 aromatic heterocycles. The van der Waals surface area contributed by atoms with Crippen LogP contribution in [-0.2, 0) is 0 Å². The molecule has 4 rings (SSSR count). The second-order valence-corrected chi connectivity index (χ2v) is 8.89. The lowest BCUT2D eigenvalue weighted by Crippen LogP contribution is -2.26. The van der Waals surface area contributed by atoms with E-state index in [0.717, 1.165) is 17.0 Å². The summed E-state index contributed by atoms with van der Waals surface area (Å²) in [7, 11) is 0. The zero-order valence-electron chi connectivity index (χ0n) is 17.8. The number of halogens is 4. The molecule has 0 unspecified atom stereocenters. The van der Waals surface area contributed by atoms with Crippen LogP contribution in [0.4, 0.5) is 26.2 Å². The normalized spacial score (nSPS) is 10.8. The van der Waals surface area contributed by atoms with Crippen LogP contribution < -0.4 is 10.2 Å². The number of nitrogens with zero attached hydrogens (tertiary/aromatic N) is 4. The van der Waals surface area contributed by atoms with Gasteiger partial charge in [0.2, 0.25) is 0 Å². The molecule has 12 heteroatoms. The maximum absolute atomic E-state index is 13.5. The van der Waals surface area contributed by atoms with Gasteiger partial charge in [0, 0.05) is 17.3 Å². The van der Waals surface area contributed by atoms with Crippen molar-refractivity contribution in [3.05, 3.63) is 92.5 Å². The number of hydrogen-bond donors (Lipinski definition) is 2. The molecule has 8 nitrogen and oxygen atoms in total. The molecule has 2 heterocycles. The lowest BCUT2D eigenvalue weighted by atomic mass is 10.1. The van der Waals surface area contributed by atoms with Gasteiger partial charge < -0.3 is 10.4 Å². The van der Waals surface area contributed by atoms with Gasteiger partial charge in [-0.1, -0.05) is 23.2 Å². The average molecular weight is 579 g/mol. The minimum absolute atomic E-state index is 0.0726. The van der Waals surface area contributed by atoms with E-state index in [1.54, 1.807) is 25.1 Å². The van der Waals surface area contributed by atoms with Crippen LogP contribution in [0.25, 0.3) is 5.82 Å². The highest BCUT2D eigenvalue weighted by atomic mass is 79.9. The van der Waals surface area contributed by atoms with Crippen LogP contribution in [-0.4, -0.2) is 31.9 Å². The molecule has 0 fully saturated rings. The summed E-state index contributed by atoms with van der Waals surface area (Å²) in [6, 6.07) is 12.6. The van der Waals surface area contributed by atoms with Crippen molar-refractivity contribution in [2.24, 2.45) is 0 Å². The first kappa shape index (κ1) is 24.6. The quantitative estimate of drug-likeness (QED) is 0.270. The topological polar surface area (TPSA) is 100 Å². The Kier molecular flexibility index (Phi) is 7.06. The van der Waals surface area contributed by atoms with E-state index in [0.29, 0.717) is 10.2 Å². The van der Waals surface area contributed by atoms with Crippen molar-refractivity contribution >= 4 is 68.2 Å². The molecule has 0 aliphatic rings. The molecular weight excluding hydrogens is 564 g/mol. The molecule has 0 radical (unpaired) electrons. The highest BCUT2D eigenvalue weighted by Gasteiger charge is 2.25. The van der Waals surface area contributed by atoms with Gasteiger partial charge in [-0.3, -0.25) is 4.79 Å². The standard InChI is InChI=1S/C23H15BrCl2FN5O3/c1-12-9-13(25)10-17(31(23(34)35)15-6-4-14(27)5-7-15)20(12)29-22(33)18-11-19(24)30-32(18)21-16(26)3-2-8-28-21/h2-11H,1H3,(H,29,33)(H,34,35). The van der Waals surface area contributed by atoms with Crippen LogP contribution in [0.5, 0.6) is 0 Å². The lowest BCUT2D eigenvalue weighted by Gasteiger charge is -2.24. The summed E-state index contributed by atoms with van der Waals surface area (Å²) >= 11 is 15.7. The van der Waals surface area contributed by atoms with Crippen LogP contribution in [0.1, 0.15) is 16.1 Å². The van der Waals surface area contributed by atoms with Gasteiger partial charge in [0.05, 0.1) is 22.1 Å². The van der Waals surface area contributed by atoms with Crippen molar-refractivity contribution in [2.45, 2.75) is 6.92 Å². The number of carbonyl (C=O) groups excluding carboxylic acids is 1. The van der Waals surface area contributed by atoms with E-state index in [2.05, 4.69) is 31.3 Å². The molecule has 2 amide bonds. The summed E-state index contributed by atoms with van der Waals surface area (Å²) < 4.78 is 15.1. The summed E-state index contributed by atoms with van der Waals surface area (Å²) in [6.45, 7) is 1.67. The Morgan fingerprint density at radius 1 is 1.14 bits per heavy atom. The summed E-state index contributed by atoms with van der Waals surface area (Å²) in [4.78, 5) is 30.7. The van der Waals surface area contributed by atoms with Crippen LogP contribution in [0.2, 0.25) is 10.0 Å². The van der Waals surface area contributed by atoms with E-state index in [1.807, 2.05) is 0 Å². The third kappa shape index (κ3) is 5.14. The van der Waals surface area contributed by atoms with E-state index >= 15 is 0 Å². The molecule has 0 saturated carbocycles. The zero-order valence-corrected chi connectivity index (χ0v) is 20.9. The van der Waals surface area contributed by atoms with E-state index in [9.17, 15) is 19.1 Å². The maximum Gasteiger partial charge on any atom is 0.416 e. The van der Waals surface area contributed by atoms with Crippen LogP contribution in [0, 0.1) is 12.7 Å². The Morgan fingerprint density at radius 3 is 2.51 bits per heavy atom. The highest BCUT2D eigenvalue weighted by molar-refractivity contribution is 9.10. The van der Waals surface area contributed by atoms with Gasteiger partial charge in [0.25, 0.3) is 5.91 Å². The Balaban J connectivity index is 1.80. The Labute approximate surface area is 217 Å². The number of hydrogen-bond acceptors (Lipinski definition) is 4. The smallest absolute Gasteiger partial charge is 0.416 e. The van der Waals surface area contributed by atoms with Gasteiger partial charge >= 0.3 is 6.09 Å². The first-order chi connectivity index (χ1) is 16.7. The van der Waals surface area contributed by atoms with Crippen LogP contribution in [0.3, 0.4) is 0 Å². The average Bonchev–Trinajstić information content (AvgIpc) is 3.19. The van der Waals surface area contributed by atoms with Gasteiger partial charge in [0.15, 0.2) is 5.82 Å². The Hall–Kier alpha value is -3.47. The van der Waals surface area contributed by atoms with Gasteiger partial charge in [-0.2, -0.15) is 5.10 Å². The summed E-state index contributed by atoms with van der Waals surface area (Å²) in [5.41, 5.74) is 0.992. The second kappa shape index (κ2) is 10.0. The van der Waals surface area contributed by atoms with Crippen LogP contribution in [0.15, 0.2) is 65.4 Å². The van der Waals surface area contributed by atoms with Crippen molar-refractivity contribution in [1.82, 2.24) is 14.8 Å². The zero-order chi connectivity index (χ0) is 25.3. The molecule has 0 atom stereocenters. The first-order valence-electron chi connectivity index (χ1n) is 9.92. The Morgan fingerprint density at radius 2 is 1.86 bits per heavy atom. The number of amides is 2. The SMILES string of the molecule is Cc1cc(Cl)cc(N(C(=O)O)c2ccc(F)cc2)c1NC(=O)c1cc(Br)nn1-c1ncccc1Cl. The van der Waals surface area contributed by atoms with E-state index in [4.69, 9.17) is 23.2 Å². The van der Waals surface area contributed by atoms with Crippen molar-refractivity contribution < 1.29 is 19.1 Å². The van der Waals surface area contributed by atoms with Gasteiger partial charge in [-0.15, -0.1) is 0 Å². The summed E-state index contributed by atoms with van der Waals surface area (Å²) in [5, 5.41) is 17.5. The lowest BCUT2D eigenvalue weighted by molar-refractivity contribution is 0.101. The molecule has 0 saturated heterocycles. The van der Waals surface area contributed by atoms with E-state index in [-0.39, 0.29) is 38.6 Å². The molecule has 178 valence electrons. The number of benzene rings is 2. The van der Waals surface area contributed by atoms with Gasteiger partial charge in [-0.05, 0) is 76.9 Å². The van der Waals surface area contributed by atoms with Crippen molar-refractivity contribution in [3.63, 3.8) is 0 Å². The molecular formula is C23H15BrCl2FN5O3. The number of aryl methyl sites for hydroxylation is 1. The molecule has 0 bridgehead atoms. The monoisotopic (exact) mass is 577 g/mol. The van der Waals surface area contributed by atoms with E-state index in [1.165, 1.54) is 35.1 Å². The fourth-order valence-electron chi connectivity index (χ4n) is 3.39. The molecule has 35 heavy (non-hydrogen) atoms. The molecule has 4 aromatic rings. The minimum Gasteiger partial charge on any atom is -0.464 e. The number of rotatable bonds is 5. The van der Waals surface area contributed by atoms with Crippen molar-refractivity contribution in [2.75, 3.05) is 10.2 Å². The van der Waals surface area contributed by atoms with Gasteiger partial charge in [0.1, 0.15) is 16.1 Å². The molecule has 2 N–H and O–H groups in total. The molecule has 0 spiro atoms.